The van der Waals surface area contributed by atoms with E-state index in [1.807, 2.05) is 12.4 Å². The molecule has 1 atom stereocenters. The van der Waals surface area contributed by atoms with Crippen molar-refractivity contribution in [3.63, 3.8) is 0 Å². The molecule has 0 bridgehead atoms. The Bertz CT molecular complexity index is 864. The minimum Gasteiger partial charge on any atom is -0.501 e. The zero-order chi connectivity index (χ0) is 18.7. The van der Waals surface area contributed by atoms with Gasteiger partial charge in [-0.3, -0.25) is 14.2 Å². The summed E-state index contributed by atoms with van der Waals surface area (Å²) in [5.41, 5.74) is -0.154. The molecule has 1 aromatic heterocycles. The van der Waals surface area contributed by atoms with Crippen molar-refractivity contribution < 1.29 is 19.6 Å². The fourth-order valence-corrected chi connectivity index (χ4v) is 3.17. The van der Waals surface area contributed by atoms with Crippen LogP contribution in [0.5, 0.6) is 5.75 Å². The van der Waals surface area contributed by atoms with Gasteiger partial charge in [-0.25, -0.2) is 9.37 Å². The van der Waals surface area contributed by atoms with Crippen molar-refractivity contribution in [3.05, 3.63) is 57.5 Å². The summed E-state index contributed by atoms with van der Waals surface area (Å²) in [7, 11) is 1.90. The highest BCUT2D eigenvalue weighted by Crippen LogP contribution is 2.21. The summed E-state index contributed by atoms with van der Waals surface area (Å²) in [6.45, 7) is 0.624. The van der Waals surface area contributed by atoms with Crippen LogP contribution in [0.15, 0.2) is 29.1 Å². The molecule has 8 heteroatoms. The number of hydrogen-bond acceptors (Lipinski definition) is 4. The summed E-state index contributed by atoms with van der Waals surface area (Å²) < 4.78 is 14.4. The summed E-state index contributed by atoms with van der Waals surface area (Å²) in [5, 5.41) is 14.8. The normalized spacial score (nSPS) is 16.6. The molecule has 1 aliphatic rings. The van der Waals surface area contributed by atoms with E-state index in [9.17, 15) is 19.1 Å². The smallest absolute Gasteiger partial charge is 0.296 e. The van der Waals surface area contributed by atoms with E-state index in [4.69, 9.17) is 0 Å². The third-order valence-electron chi connectivity index (χ3n) is 4.64. The first-order valence-electron chi connectivity index (χ1n) is 8.67. The first kappa shape index (κ1) is 18.1. The number of carbonyl (C=O) groups excluding carboxylic acids is 1. The van der Waals surface area contributed by atoms with Crippen LogP contribution in [0.3, 0.4) is 0 Å². The quantitative estimate of drug-likeness (QED) is 0.735. The van der Waals surface area contributed by atoms with Crippen molar-refractivity contribution in [2.45, 2.75) is 38.4 Å². The first-order valence-corrected chi connectivity index (χ1v) is 8.67. The van der Waals surface area contributed by atoms with Gasteiger partial charge in [0, 0.05) is 19.5 Å². The number of nitrogens with two attached hydrogens (primary N) is 1. The molecule has 2 aromatic rings. The van der Waals surface area contributed by atoms with Gasteiger partial charge in [0.15, 0.2) is 11.5 Å². The minimum absolute atomic E-state index is 0.0329. The Morgan fingerprint density at radius 2 is 2.12 bits per heavy atom. The number of benzene rings is 1. The number of carbonyl (C=O) groups is 1. The molecule has 0 saturated heterocycles. The van der Waals surface area contributed by atoms with E-state index in [2.05, 4.69) is 10.3 Å². The van der Waals surface area contributed by atoms with Gasteiger partial charge in [0.2, 0.25) is 5.75 Å². The molecule has 1 amide bonds. The maximum absolute atomic E-state index is 12.9. The van der Waals surface area contributed by atoms with E-state index in [1.54, 1.807) is 12.1 Å². The standard InChI is InChI=1S/C18H21FN4O3/c1-20-13-4-2-3-9-23-16(13)22-14(15(24)18(23)26)17(25)21-10-11-5-7-12(19)8-6-11/h5-8,13,20,24H,2-4,9-10H2,1H3,(H,21,25)/p+1/t13-/m0/s1. The molecule has 0 radical (unpaired) electrons. The topological polar surface area (TPSA) is 101 Å². The molecule has 0 saturated carbocycles. The molecule has 1 aliphatic heterocycles. The molecule has 26 heavy (non-hydrogen) atoms. The third-order valence-corrected chi connectivity index (χ3v) is 4.64. The van der Waals surface area contributed by atoms with Crippen molar-refractivity contribution in [2.75, 3.05) is 7.05 Å². The Labute approximate surface area is 149 Å². The molecule has 0 unspecified atom stereocenters. The fourth-order valence-electron chi connectivity index (χ4n) is 3.17. The monoisotopic (exact) mass is 361 g/mol. The zero-order valence-corrected chi connectivity index (χ0v) is 14.5. The van der Waals surface area contributed by atoms with Gasteiger partial charge in [0.25, 0.3) is 11.5 Å². The number of nitrogens with one attached hydrogen (secondary N) is 1. The number of fused-ring (bicyclic) bond motifs is 1. The van der Waals surface area contributed by atoms with E-state index in [0.717, 1.165) is 19.3 Å². The summed E-state index contributed by atoms with van der Waals surface area (Å²) in [6, 6.07) is 5.67. The number of aromatic hydroxyl groups is 1. The van der Waals surface area contributed by atoms with Crippen LogP contribution in [-0.4, -0.2) is 27.6 Å². The number of hydrogen-bond donors (Lipinski definition) is 3. The van der Waals surface area contributed by atoms with Crippen LogP contribution in [-0.2, 0) is 13.1 Å². The van der Waals surface area contributed by atoms with E-state index in [-0.39, 0.29) is 24.1 Å². The van der Waals surface area contributed by atoms with Crippen LogP contribution >= 0.6 is 0 Å². The van der Waals surface area contributed by atoms with Crippen LogP contribution in [0.25, 0.3) is 0 Å². The van der Waals surface area contributed by atoms with E-state index in [0.29, 0.717) is 17.9 Å². The lowest BCUT2D eigenvalue weighted by molar-refractivity contribution is -0.672. The molecule has 0 aliphatic carbocycles. The van der Waals surface area contributed by atoms with Gasteiger partial charge in [0.05, 0.1) is 7.05 Å². The van der Waals surface area contributed by atoms with Gasteiger partial charge in [-0.1, -0.05) is 12.1 Å². The molecular formula is C18H22FN4O3+. The number of nitrogens with zero attached hydrogens (tertiary/aromatic N) is 2. The molecular weight excluding hydrogens is 339 g/mol. The summed E-state index contributed by atoms with van der Waals surface area (Å²) >= 11 is 0. The number of halogens is 1. The second-order valence-electron chi connectivity index (χ2n) is 6.37. The van der Waals surface area contributed by atoms with E-state index in [1.165, 1.54) is 16.7 Å². The van der Waals surface area contributed by atoms with Gasteiger partial charge in [0.1, 0.15) is 11.9 Å². The molecule has 0 spiro atoms. The first-order chi connectivity index (χ1) is 12.5. The maximum Gasteiger partial charge on any atom is 0.296 e. The second-order valence-corrected chi connectivity index (χ2v) is 6.37. The highest BCUT2D eigenvalue weighted by atomic mass is 19.1. The predicted octanol–water partition coefficient (Wildman–Crippen LogP) is 0.436. The van der Waals surface area contributed by atoms with Crippen LogP contribution in [0.1, 0.15) is 47.2 Å². The summed E-state index contributed by atoms with van der Waals surface area (Å²) in [5.74, 6) is -1.12. The van der Waals surface area contributed by atoms with Crippen molar-refractivity contribution in [3.8, 4) is 5.75 Å². The molecule has 2 heterocycles. The van der Waals surface area contributed by atoms with Gasteiger partial charge in [-0.2, -0.15) is 0 Å². The van der Waals surface area contributed by atoms with Crippen molar-refractivity contribution >= 4 is 5.91 Å². The summed E-state index contributed by atoms with van der Waals surface area (Å²) in [4.78, 5) is 29.3. The van der Waals surface area contributed by atoms with Crippen LogP contribution in [0.2, 0.25) is 0 Å². The van der Waals surface area contributed by atoms with Gasteiger partial charge < -0.3 is 15.7 Å². The molecule has 0 fully saturated rings. The van der Waals surface area contributed by atoms with Gasteiger partial charge >= 0.3 is 0 Å². The fraction of sp³-hybridized carbons (Fsp3) is 0.389. The Kier molecular flexibility index (Phi) is 5.32. The van der Waals surface area contributed by atoms with Gasteiger partial charge in [-0.05, 0) is 30.5 Å². The molecule has 7 nitrogen and oxygen atoms in total. The van der Waals surface area contributed by atoms with Crippen molar-refractivity contribution in [2.24, 2.45) is 0 Å². The lowest BCUT2D eigenvalue weighted by Gasteiger charge is -2.16. The van der Waals surface area contributed by atoms with Crippen LogP contribution in [0.4, 0.5) is 4.39 Å². The molecule has 4 N–H and O–H groups in total. The lowest BCUT2D eigenvalue weighted by atomic mass is 10.1. The minimum atomic E-state index is -0.637. The lowest BCUT2D eigenvalue weighted by Crippen LogP contribution is -2.81. The Morgan fingerprint density at radius 3 is 2.81 bits per heavy atom. The number of aromatic nitrogens is 2. The molecule has 1 aromatic carbocycles. The zero-order valence-electron chi connectivity index (χ0n) is 14.5. The SMILES string of the molecule is C[NH2+][C@H]1CCCCn2c1nc(C(=O)NCc1ccc(F)cc1)c(O)c2=O. The average molecular weight is 361 g/mol. The summed E-state index contributed by atoms with van der Waals surface area (Å²) in [6.07, 6.45) is 2.63. The van der Waals surface area contributed by atoms with E-state index >= 15 is 0 Å². The number of quaternary nitrogens is 1. The van der Waals surface area contributed by atoms with E-state index < -0.39 is 17.2 Å². The van der Waals surface area contributed by atoms with Crippen LogP contribution in [0, 0.1) is 5.82 Å². The van der Waals surface area contributed by atoms with Crippen molar-refractivity contribution in [1.82, 2.24) is 14.9 Å². The molecule has 138 valence electrons. The number of rotatable bonds is 4. The highest BCUT2D eigenvalue weighted by Gasteiger charge is 2.28. The second kappa shape index (κ2) is 7.65. The maximum atomic E-state index is 12.9. The Hall–Kier alpha value is -2.74. The third kappa shape index (κ3) is 3.60. The van der Waals surface area contributed by atoms with Crippen LogP contribution < -0.4 is 16.2 Å². The largest absolute Gasteiger partial charge is 0.501 e. The van der Waals surface area contributed by atoms with Gasteiger partial charge in [-0.15, -0.1) is 0 Å². The Balaban J connectivity index is 1.88. The Morgan fingerprint density at radius 1 is 1.38 bits per heavy atom. The average Bonchev–Trinajstić information content (AvgIpc) is 2.86. The highest BCUT2D eigenvalue weighted by molar-refractivity contribution is 5.94. The number of amides is 1. The van der Waals surface area contributed by atoms with Crippen molar-refractivity contribution in [1.29, 1.82) is 0 Å². The predicted molar refractivity (Wildman–Crippen MR) is 92.2 cm³/mol. The molecule has 3 rings (SSSR count).